The van der Waals surface area contributed by atoms with Crippen LogP contribution in [0.15, 0.2) is 267 Å². The van der Waals surface area contributed by atoms with Crippen molar-refractivity contribution in [3.63, 3.8) is 0 Å². The van der Waals surface area contributed by atoms with Crippen LogP contribution in [0.5, 0.6) is 0 Å². The highest BCUT2D eigenvalue weighted by Gasteiger charge is 2.26. The number of rotatable bonds is 11. The molecule has 0 aromatic heterocycles. The van der Waals surface area contributed by atoms with Crippen LogP contribution in [0.25, 0.3) is 55.6 Å². The van der Waals surface area contributed by atoms with Crippen molar-refractivity contribution in [2.75, 3.05) is 9.80 Å². The zero-order chi connectivity index (χ0) is 41.5. The van der Waals surface area contributed by atoms with Crippen molar-refractivity contribution in [3.8, 4) is 55.6 Å². The van der Waals surface area contributed by atoms with Gasteiger partial charge in [-0.2, -0.15) is 0 Å². The quantitative estimate of drug-likeness (QED) is 0.129. The molecule has 0 N–H and O–H groups in total. The lowest BCUT2D eigenvalue weighted by Crippen LogP contribution is -2.16. The van der Waals surface area contributed by atoms with Crippen LogP contribution < -0.4 is 9.80 Å². The summed E-state index contributed by atoms with van der Waals surface area (Å²) in [6.07, 6.45) is 0. The Morgan fingerprint density at radius 3 is 0.726 bits per heavy atom. The van der Waals surface area contributed by atoms with Crippen LogP contribution in [0, 0.1) is 0 Å². The summed E-state index contributed by atoms with van der Waals surface area (Å²) in [7, 11) is 0. The number of nitrogens with zero attached hydrogens (tertiary/aromatic N) is 2. The van der Waals surface area contributed by atoms with Gasteiger partial charge in [-0.25, -0.2) is 0 Å². The van der Waals surface area contributed by atoms with Crippen molar-refractivity contribution in [2.24, 2.45) is 0 Å². The van der Waals surface area contributed by atoms with E-state index in [0.717, 1.165) is 56.4 Å². The van der Waals surface area contributed by atoms with Crippen LogP contribution in [-0.2, 0) is 0 Å². The molecule has 0 aliphatic rings. The lowest BCUT2D eigenvalue weighted by molar-refractivity contribution is 1.25. The molecule has 0 aliphatic heterocycles. The smallest absolute Gasteiger partial charge is 0.0567 e. The molecule has 10 aromatic carbocycles. The van der Waals surface area contributed by atoms with E-state index in [0.29, 0.717) is 0 Å². The highest BCUT2D eigenvalue weighted by molar-refractivity contribution is 6.01. The molecule has 62 heavy (non-hydrogen) atoms. The first kappa shape index (κ1) is 38.0. The van der Waals surface area contributed by atoms with E-state index in [1.165, 1.54) is 33.4 Å². The van der Waals surface area contributed by atoms with Gasteiger partial charge in [0.2, 0.25) is 0 Å². The Kier molecular flexibility index (Phi) is 10.8. The topological polar surface area (TPSA) is 6.48 Å². The summed E-state index contributed by atoms with van der Waals surface area (Å²) in [6.45, 7) is 0. The van der Waals surface area contributed by atoms with E-state index in [1.807, 2.05) is 0 Å². The number of hydrogen-bond acceptors (Lipinski definition) is 2. The first-order chi connectivity index (χ1) is 30.8. The zero-order valence-corrected chi connectivity index (χ0v) is 34.3. The summed E-state index contributed by atoms with van der Waals surface area (Å²) >= 11 is 0. The number of benzene rings is 10. The molecule has 2 heteroatoms. The van der Waals surface area contributed by atoms with Gasteiger partial charge in [0.25, 0.3) is 0 Å². The second kappa shape index (κ2) is 17.6. The Hall–Kier alpha value is -8.20. The summed E-state index contributed by atoms with van der Waals surface area (Å²) in [4.78, 5) is 4.84. The zero-order valence-electron chi connectivity index (χ0n) is 34.3. The Balaban J connectivity index is 1.25. The van der Waals surface area contributed by atoms with E-state index < -0.39 is 0 Å². The molecule has 0 heterocycles. The predicted molar refractivity (Wildman–Crippen MR) is 263 cm³/mol. The summed E-state index contributed by atoms with van der Waals surface area (Å²) in [5.74, 6) is 0. The third-order valence-electron chi connectivity index (χ3n) is 11.5. The maximum Gasteiger partial charge on any atom is 0.0567 e. The fourth-order valence-electron chi connectivity index (χ4n) is 8.39. The van der Waals surface area contributed by atoms with E-state index in [2.05, 4.69) is 277 Å². The largest absolute Gasteiger partial charge is 0.310 e. The number of para-hydroxylation sites is 2. The molecule has 0 bridgehead atoms. The van der Waals surface area contributed by atoms with Gasteiger partial charge in [0.15, 0.2) is 0 Å². The van der Waals surface area contributed by atoms with Gasteiger partial charge in [-0.1, -0.05) is 206 Å². The molecule has 10 aromatic rings. The van der Waals surface area contributed by atoms with Crippen LogP contribution in [0.2, 0.25) is 0 Å². The Labute approximate surface area is 364 Å². The predicted octanol–water partition coefficient (Wildman–Crippen LogP) is 17.0. The van der Waals surface area contributed by atoms with Gasteiger partial charge in [0, 0.05) is 28.3 Å². The van der Waals surface area contributed by atoms with Crippen LogP contribution in [-0.4, -0.2) is 0 Å². The van der Waals surface area contributed by atoms with Crippen LogP contribution in [0.4, 0.5) is 34.1 Å². The van der Waals surface area contributed by atoms with Gasteiger partial charge < -0.3 is 9.80 Å². The van der Waals surface area contributed by atoms with Gasteiger partial charge >= 0.3 is 0 Å². The van der Waals surface area contributed by atoms with E-state index in [1.54, 1.807) is 0 Å². The monoisotopic (exact) mass is 792 g/mol. The van der Waals surface area contributed by atoms with Gasteiger partial charge in [-0.05, 0) is 111 Å². The molecule has 0 saturated carbocycles. The molecule has 10 rings (SSSR count). The summed E-state index contributed by atoms with van der Waals surface area (Å²) in [5.41, 5.74) is 18.0. The highest BCUT2D eigenvalue weighted by atomic mass is 15.2. The summed E-state index contributed by atoms with van der Waals surface area (Å²) in [6, 6.07) is 95.8. The molecule has 294 valence electrons. The first-order valence-electron chi connectivity index (χ1n) is 21.2. The molecule has 0 unspecified atom stereocenters. The minimum absolute atomic E-state index is 1.06. The molecule has 0 fully saturated rings. The first-order valence-corrected chi connectivity index (χ1v) is 21.2. The van der Waals surface area contributed by atoms with E-state index in [9.17, 15) is 0 Å². The van der Waals surface area contributed by atoms with Gasteiger partial charge in [-0.15, -0.1) is 0 Å². The summed E-state index contributed by atoms with van der Waals surface area (Å²) in [5, 5.41) is 0. The lowest BCUT2D eigenvalue weighted by atomic mass is 9.92. The minimum Gasteiger partial charge on any atom is -0.310 e. The van der Waals surface area contributed by atoms with Crippen molar-refractivity contribution in [1.29, 1.82) is 0 Å². The van der Waals surface area contributed by atoms with Crippen molar-refractivity contribution in [1.82, 2.24) is 0 Å². The maximum absolute atomic E-state index is 2.42. The fraction of sp³-hybridized carbons (Fsp3) is 0. The van der Waals surface area contributed by atoms with Crippen molar-refractivity contribution < 1.29 is 0 Å². The van der Waals surface area contributed by atoms with Gasteiger partial charge in [0.05, 0.1) is 11.4 Å². The van der Waals surface area contributed by atoms with Crippen LogP contribution in [0.1, 0.15) is 0 Å². The van der Waals surface area contributed by atoms with E-state index in [-0.39, 0.29) is 0 Å². The molecule has 0 spiro atoms. The molecule has 0 radical (unpaired) electrons. The highest BCUT2D eigenvalue weighted by Crippen LogP contribution is 2.51. The molecular weight excluding hydrogens is 749 g/mol. The van der Waals surface area contributed by atoms with Crippen molar-refractivity contribution in [2.45, 2.75) is 0 Å². The Morgan fingerprint density at radius 1 is 0.177 bits per heavy atom. The van der Waals surface area contributed by atoms with E-state index in [4.69, 9.17) is 0 Å². The van der Waals surface area contributed by atoms with Crippen LogP contribution >= 0.6 is 0 Å². The maximum atomic E-state index is 2.42. The fourth-order valence-corrected chi connectivity index (χ4v) is 8.39. The van der Waals surface area contributed by atoms with E-state index >= 15 is 0 Å². The second-order valence-corrected chi connectivity index (χ2v) is 15.4. The standard InChI is InChI=1S/C60H44N2/c1-7-19-45(20-8-1)48-31-33-51(34-32-48)53-43-58(61(54-27-15-5-16-28-54)56-39-35-49(36-40-56)46-21-9-2-10-22-46)60(52-25-13-4-14-26-52)59(44-53)62(55-29-17-6-18-30-55)57-41-37-50(38-42-57)47-23-11-3-12-24-47/h1-44H. The Morgan fingerprint density at radius 2 is 0.403 bits per heavy atom. The SMILES string of the molecule is c1ccc(-c2ccc(-c3cc(N(c4ccccc4)c4ccc(-c5ccccc5)cc4)c(-c4ccccc4)c(N(c4ccccc4)c4ccc(-c5ccccc5)cc4)c3)cc2)cc1. The average Bonchev–Trinajstić information content (AvgIpc) is 3.36. The molecule has 0 amide bonds. The van der Waals surface area contributed by atoms with Gasteiger partial charge in [-0.3, -0.25) is 0 Å². The third kappa shape index (κ3) is 7.93. The molecule has 0 aliphatic carbocycles. The van der Waals surface area contributed by atoms with Crippen molar-refractivity contribution >= 4 is 34.1 Å². The van der Waals surface area contributed by atoms with Gasteiger partial charge in [0.1, 0.15) is 0 Å². The minimum atomic E-state index is 1.06. The molecule has 0 atom stereocenters. The second-order valence-electron chi connectivity index (χ2n) is 15.4. The van der Waals surface area contributed by atoms with Crippen molar-refractivity contribution in [3.05, 3.63) is 267 Å². The normalized spacial score (nSPS) is 10.9. The van der Waals surface area contributed by atoms with Crippen LogP contribution in [0.3, 0.4) is 0 Å². The number of hydrogen-bond donors (Lipinski definition) is 0. The molecule has 0 saturated heterocycles. The average molecular weight is 793 g/mol. The Bertz CT molecular complexity index is 2840. The third-order valence-corrected chi connectivity index (χ3v) is 11.5. The lowest BCUT2D eigenvalue weighted by Gasteiger charge is -2.34. The number of anilines is 6. The summed E-state index contributed by atoms with van der Waals surface area (Å²) < 4.78 is 0. The molecular formula is C60H44N2. The molecule has 2 nitrogen and oxygen atoms in total.